The molecular formula is C16H25NO2. The van der Waals surface area contributed by atoms with Gasteiger partial charge >= 0.3 is 6.09 Å². The van der Waals surface area contributed by atoms with E-state index in [1.807, 2.05) is 44.2 Å². The van der Waals surface area contributed by atoms with Gasteiger partial charge in [-0.2, -0.15) is 0 Å². The minimum absolute atomic E-state index is 0.181. The molecular weight excluding hydrogens is 238 g/mol. The van der Waals surface area contributed by atoms with Gasteiger partial charge in [0.1, 0.15) is 6.61 Å². The van der Waals surface area contributed by atoms with Crippen molar-refractivity contribution >= 4 is 6.09 Å². The molecule has 0 aliphatic heterocycles. The van der Waals surface area contributed by atoms with E-state index in [0.29, 0.717) is 6.61 Å². The first-order chi connectivity index (χ1) is 9.15. The van der Waals surface area contributed by atoms with E-state index < -0.39 is 0 Å². The largest absolute Gasteiger partial charge is 0.445 e. The number of carbonyl (C=O) groups excluding carboxylic acids is 1. The number of benzene rings is 1. The molecule has 0 aromatic heterocycles. The zero-order valence-corrected chi connectivity index (χ0v) is 12.3. The lowest BCUT2D eigenvalue weighted by Crippen LogP contribution is -2.38. The molecule has 0 atom stereocenters. The van der Waals surface area contributed by atoms with Crippen molar-refractivity contribution in [2.45, 2.75) is 52.7 Å². The van der Waals surface area contributed by atoms with Gasteiger partial charge in [0.25, 0.3) is 0 Å². The van der Waals surface area contributed by atoms with Crippen LogP contribution in [-0.4, -0.2) is 23.6 Å². The molecule has 0 aliphatic rings. The summed E-state index contributed by atoms with van der Waals surface area (Å²) in [6.07, 6.45) is 3.13. The number of unbranched alkanes of at least 4 members (excludes halogenated alkanes) is 2. The number of amides is 1. The summed E-state index contributed by atoms with van der Waals surface area (Å²) in [7, 11) is 0. The molecule has 1 amide bonds. The normalized spacial score (nSPS) is 10.5. The molecule has 0 aliphatic carbocycles. The summed E-state index contributed by atoms with van der Waals surface area (Å²) in [6, 6.07) is 9.96. The third kappa shape index (κ3) is 5.77. The lowest BCUT2D eigenvalue weighted by Gasteiger charge is -2.25. The van der Waals surface area contributed by atoms with E-state index in [-0.39, 0.29) is 12.1 Å². The van der Waals surface area contributed by atoms with Crippen LogP contribution in [0.5, 0.6) is 0 Å². The highest BCUT2D eigenvalue weighted by molar-refractivity contribution is 5.67. The van der Waals surface area contributed by atoms with E-state index in [1.54, 1.807) is 4.90 Å². The summed E-state index contributed by atoms with van der Waals surface area (Å²) < 4.78 is 5.37. The predicted molar refractivity (Wildman–Crippen MR) is 78.0 cm³/mol. The first-order valence-electron chi connectivity index (χ1n) is 7.12. The molecule has 3 nitrogen and oxygen atoms in total. The first kappa shape index (κ1) is 15.5. The van der Waals surface area contributed by atoms with Crippen molar-refractivity contribution in [3.8, 4) is 0 Å². The number of hydrogen-bond acceptors (Lipinski definition) is 2. The highest BCUT2D eigenvalue weighted by Crippen LogP contribution is 2.08. The summed E-state index contributed by atoms with van der Waals surface area (Å²) >= 11 is 0. The summed E-state index contributed by atoms with van der Waals surface area (Å²) in [5, 5.41) is 0. The number of ether oxygens (including phenoxy) is 1. The molecule has 106 valence electrons. The highest BCUT2D eigenvalue weighted by atomic mass is 16.6. The maximum absolute atomic E-state index is 12.1. The Morgan fingerprint density at radius 3 is 2.47 bits per heavy atom. The minimum Gasteiger partial charge on any atom is -0.445 e. The zero-order chi connectivity index (χ0) is 14.1. The number of hydrogen-bond donors (Lipinski definition) is 0. The standard InChI is InChI=1S/C16H25NO2/c1-4-5-9-12-17(14(2)3)16(18)19-13-15-10-7-6-8-11-15/h6-8,10-11,14H,4-5,9,12-13H2,1-3H3. The molecule has 3 heteroatoms. The Balaban J connectivity index is 2.43. The third-order valence-electron chi connectivity index (χ3n) is 3.07. The fraction of sp³-hybridized carbons (Fsp3) is 0.562. The summed E-state index contributed by atoms with van der Waals surface area (Å²) in [5.41, 5.74) is 1.02. The lowest BCUT2D eigenvalue weighted by atomic mass is 10.2. The Morgan fingerprint density at radius 2 is 1.89 bits per heavy atom. The Morgan fingerprint density at radius 1 is 1.21 bits per heavy atom. The highest BCUT2D eigenvalue weighted by Gasteiger charge is 2.17. The molecule has 0 N–H and O–H groups in total. The number of carbonyl (C=O) groups is 1. The molecule has 0 fully saturated rings. The second-order valence-electron chi connectivity index (χ2n) is 5.03. The summed E-state index contributed by atoms with van der Waals surface area (Å²) in [4.78, 5) is 13.9. The maximum Gasteiger partial charge on any atom is 0.410 e. The van der Waals surface area contributed by atoms with Gasteiger partial charge in [-0.25, -0.2) is 4.79 Å². The van der Waals surface area contributed by atoms with Crippen molar-refractivity contribution in [1.82, 2.24) is 4.90 Å². The molecule has 0 saturated carbocycles. The van der Waals surface area contributed by atoms with Gasteiger partial charge in [0.05, 0.1) is 0 Å². The average molecular weight is 263 g/mol. The Hall–Kier alpha value is -1.51. The monoisotopic (exact) mass is 263 g/mol. The molecule has 0 heterocycles. The van der Waals surface area contributed by atoms with Crippen LogP contribution in [0, 0.1) is 0 Å². The van der Waals surface area contributed by atoms with Gasteiger partial charge in [-0.3, -0.25) is 0 Å². The molecule has 0 unspecified atom stereocenters. The van der Waals surface area contributed by atoms with Crippen LogP contribution >= 0.6 is 0 Å². The van der Waals surface area contributed by atoms with Gasteiger partial charge in [-0.15, -0.1) is 0 Å². The van der Waals surface area contributed by atoms with Crippen LogP contribution in [-0.2, 0) is 11.3 Å². The van der Waals surface area contributed by atoms with Crippen molar-refractivity contribution in [2.75, 3.05) is 6.54 Å². The first-order valence-corrected chi connectivity index (χ1v) is 7.12. The minimum atomic E-state index is -0.213. The van der Waals surface area contributed by atoms with Gasteiger partial charge in [-0.05, 0) is 25.8 Å². The van der Waals surface area contributed by atoms with E-state index in [9.17, 15) is 4.79 Å². The SMILES string of the molecule is CCCCCN(C(=O)OCc1ccccc1)C(C)C. The molecule has 1 aromatic rings. The van der Waals surface area contributed by atoms with Crippen LogP contribution in [0.4, 0.5) is 4.79 Å². The fourth-order valence-electron chi connectivity index (χ4n) is 1.89. The van der Waals surface area contributed by atoms with Crippen molar-refractivity contribution < 1.29 is 9.53 Å². The lowest BCUT2D eigenvalue weighted by molar-refractivity contribution is 0.0851. The second kappa shape index (κ2) is 8.57. The smallest absolute Gasteiger partial charge is 0.410 e. The van der Waals surface area contributed by atoms with Gasteiger partial charge in [0.2, 0.25) is 0 Å². The van der Waals surface area contributed by atoms with Gasteiger partial charge < -0.3 is 9.64 Å². The Labute approximate surface area is 116 Å². The topological polar surface area (TPSA) is 29.5 Å². The van der Waals surface area contributed by atoms with Gasteiger partial charge in [-0.1, -0.05) is 50.1 Å². The Bertz CT molecular complexity index is 362. The van der Waals surface area contributed by atoms with Crippen LogP contribution in [0.3, 0.4) is 0 Å². The van der Waals surface area contributed by atoms with Crippen molar-refractivity contribution in [2.24, 2.45) is 0 Å². The fourth-order valence-corrected chi connectivity index (χ4v) is 1.89. The van der Waals surface area contributed by atoms with Crippen molar-refractivity contribution in [3.63, 3.8) is 0 Å². The summed E-state index contributed by atoms with van der Waals surface area (Å²) in [6.45, 7) is 7.33. The third-order valence-corrected chi connectivity index (χ3v) is 3.07. The van der Waals surface area contributed by atoms with E-state index >= 15 is 0 Å². The van der Waals surface area contributed by atoms with Gasteiger partial charge in [0, 0.05) is 12.6 Å². The molecule has 0 spiro atoms. The van der Waals surface area contributed by atoms with E-state index in [1.165, 1.54) is 0 Å². The van der Waals surface area contributed by atoms with E-state index in [0.717, 1.165) is 31.4 Å². The quantitative estimate of drug-likeness (QED) is 0.689. The van der Waals surface area contributed by atoms with Crippen LogP contribution < -0.4 is 0 Å². The van der Waals surface area contributed by atoms with Crippen LogP contribution in [0.1, 0.15) is 45.6 Å². The van der Waals surface area contributed by atoms with Crippen LogP contribution in [0.25, 0.3) is 0 Å². The number of nitrogens with zero attached hydrogens (tertiary/aromatic N) is 1. The van der Waals surface area contributed by atoms with Crippen molar-refractivity contribution in [1.29, 1.82) is 0 Å². The molecule has 0 radical (unpaired) electrons. The molecule has 19 heavy (non-hydrogen) atoms. The molecule has 1 rings (SSSR count). The molecule has 0 bridgehead atoms. The maximum atomic E-state index is 12.1. The zero-order valence-electron chi connectivity index (χ0n) is 12.3. The number of rotatable bonds is 7. The predicted octanol–water partition coefficient (Wildman–Crippen LogP) is 4.22. The second-order valence-corrected chi connectivity index (χ2v) is 5.03. The molecule has 1 aromatic carbocycles. The van der Waals surface area contributed by atoms with E-state index in [2.05, 4.69) is 6.92 Å². The Kier molecular flexibility index (Phi) is 7.01. The summed E-state index contributed by atoms with van der Waals surface area (Å²) in [5.74, 6) is 0. The average Bonchev–Trinajstić information content (AvgIpc) is 2.42. The van der Waals surface area contributed by atoms with Crippen LogP contribution in [0.2, 0.25) is 0 Å². The van der Waals surface area contributed by atoms with E-state index in [4.69, 9.17) is 4.74 Å². The molecule has 0 saturated heterocycles. The van der Waals surface area contributed by atoms with Crippen LogP contribution in [0.15, 0.2) is 30.3 Å². The van der Waals surface area contributed by atoms with Gasteiger partial charge in [0.15, 0.2) is 0 Å². The van der Waals surface area contributed by atoms with Crippen molar-refractivity contribution in [3.05, 3.63) is 35.9 Å².